The molecule has 0 aromatic heterocycles. The molecule has 7 heteroatoms. The molecule has 1 aromatic rings. The number of halogens is 4. The molecule has 2 rings (SSSR count). The van der Waals surface area contributed by atoms with E-state index in [0.29, 0.717) is 12.8 Å². The van der Waals surface area contributed by atoms with Crippen LogP contribution in [0.15, 0.2) is 21.6 Å². The average Bonchev–Trinajstić information content (AvgIpc) is 2.25. The van der Waals surface area contributed by atoms with Crippen molar-refractivity contribution in [1.29, 1.82) is 0 Å². The van der Waals surface area contributed by atoms with Gasteiger partial charge in [0.1, 0.15) is 5.75 Å². The quantitative estimate of drug-likeness (QED) is 0.658. The summed E-state index contributed by atoms with van der Waals surface area (Å²) in [4.78, 5) is 14.1. The summed E-state index contributed by atoms with van der Waals surface area (Å²) in [6.07, 6.45) is -1.47. The Morgan fingerprint density at radius 2 is 2.00 bits per heavy atom. The van der Waals surface area contributed by atoms with Gasteiger partial charge in [-0.1, -0.05) is 0 Å². The smallest absolute Gasteiger partial charge is 0.420 e. The van der Waals surface area contributed by atoms with Crippen LogP contribution in [0.1, 0.15) is 30.4 Å². The van der Waals surface area contributed by atoms with Crippen LogP contribution in [0.25, 0.3) is 0 Å². The first-order chi connectivity index (χ1) is 8.80. The molecule has 102 valence electrons. The van der Waals surface area contributed by atoms with Crippen LogP contribution >= 0.6 is 15.9 Å². The average molecular weight is 336 g/mol. The normalized spacial score (nSPS) is 17.5. The van der Waals surface area contributed by atoms with Gasteiger partial charge < -0.3 is 5.11 Å². The van der Waals surface area contributed by atoms with Crippen molar-refractivity contribution in [3.8, 4) is 5.75 Å². The molecule has 0 aliphatic heterocycles. The van der Waals surface area contributed by atoms with E-state index in [1.165, 1.54) is 12.1 Å². The van der Waals surface area contributed by atoms with E-state index in [1.54, 1.807) is 0 Å². The van der Waals surface area contributed by atoms with Crippen LogP contribution in [-0.4, -0.2) is 11.2 Å². The number of hydrogen-bond donors (Lipinski definition) is 1. The molecule has 0 radical (unpaired) electrons. The molecule has 0 unspecified atom stereocenters. The first kappa shape index (κ1) is 14.1. The molecule has 19 heavy (non-hydrogen) atoms. The van der Waals surface area contributed by atoms with E-state index >= 15 is 0 Å². The molecule has 0 atom stereocenters. The van der Waals surface area contributed by atoms with Gasteiger partial charge in [0, 0.05) is 0 Å². The number of aromatic hydroxyl groups is 1. The Morgan fingerprint density at radius 1 is 1.37 bits per heavy atom. The highest BCUT2D eigenvalue weighted by molar-refractivity contribution is 9.10. The minimum Gasteiger partial charge on any atom is -0.506 e. The van der Waals surface area contributed by atoms with Crippen molar-refractivity contribution in [2.75, 3.05) is 0 Å². The summed E-state index contributed by atoms with van der Waals surface area (Å²) in [5, 5.41) is 9.47. The van der Waals surface area contributed by atoms with Gasteiger partial charge in [-0.05, 0) is 52.9 Å². The topological polar surface area (TPSA) is 49.7 Å². The molecule has 3 nitrogen and oxygen atoms in total. The molecule has 1 aliphatic carbocycles. The number of aliphatic imine (C=N–C) groups is 1. The van der Waals surface area contributed by atoms with Crippen LogP contribution < -0.4 is 0 Å². The minimum atomic E-state index is -4.67. The standard InChI is InChI=1S/C12H9BrF3NO2/c13-9-5-7(11(17-6-18)2-1-3-11)4-8(10(9)19)12(14,15)16/h4-5,19H,1-3H2. The number of nitrogens with zero attached hydrogens (tertiary/aromatic N) is 1. The second-order valence-corrected chi connectivity index (χ2v) is 5.29. The first-order valence-corrected chi connectivity index (χ1v) is 6.29. The molecule has 0 amide bonds. The van der Waals surface area contributed by atoms with Crippen molar-refractivity contribution in [2.45, 2.75) is 31.0 Å². The largest absolute Gasteiger partial charge is 0.506 e. The van der Waals surface area contributed by atoms with E-state index in [9.17, 15) is 23.1 Å². The van der Waals surface area contributed by atoms with Gasteiger partial charge in [0.25, 0.3) is 0 Å². The van der Waals surface area contributed by atoms with Crippen molar-refractivity contribution >= 4 is 22.0 Å². The maximum absolute atomic E-state index is 12.8. The van der Waals surface area contributed by atoms with E-state index < -0.39 is 23.0 Å². The number of phenolic OH excluding ortho intramolecular Hbond substituents is 1. The zero-order chi connectivity index (χ0) is 14.3. The predicted octanol–water partition coefficient (Wildman–Crippen LogP) is 3.89. The Balaban J connectivity index is 2.60. The van der Waals surface area contributed by atoms with Gasteiger partial charge in [-0.15, -0.1) is 0 Å². The number of hydrogen-bond acceptors (Lipinski definition) is 3. The maximum Gasteiger partial charge on any atom is 0.420 e. The Hall–Kier alpha value is -1.33. The molecule has 0 heterocycles. The van der Waals surface area contributed by atoms with Crippen molar-refractivity contribution in [3.63, 3.8) is 0 Å². The number of alkyl halides is 3. The van der Waals surface area contributed by atoms with Crippen LogP contribution in [0.3, 0.4) is 0 Å². The molecule has 1 aromatic carbocycles. The number of benzene rings is 1. The van der Waals surface area contributed by atoms with Gasteiger partial charge in [-0.25, -0.2) is 4.79 Å². The van der Waals surface area contributed by atoms with E-state index in [0.717, 1.165) is 12.5 Å². The van der Waals surface area contributed by atoms with Crippen LogP contribution in [0, 0.1) is 0 Å². The van der Waals surface area contributed by atoms with Crippen LogP contribution in [0.5, 0.6) is 5.75 Å². The Labute approximate surface area is 115 Å². The zero-order valence-electron chi connectivity index (χ0n) is 9.59. The van der Waals surface area contributed by atoms with Gasteiger partial charge in [0.2, 0.25) is 6.08 Å². The van der Waals surface area contributed by atoms with Crippen molar-refractivity contribution < 1.29 is 23.1 Å². The van der Waals surface area contributed by atoms with E-state index in [2.05, 4.69) is 20.9 Å². The van der Waals surface area contributed by atoms with Crippen LogP contribution in [-0.2, 0) is 16.5 Å². The lowest BCUT2D eigenvalue weighted by Gasteiger charge is -2.37. The summed E-state index contributed by atoms with van der Waals surface area (Å²) in [7, 11) is 0. The summed E-state index contributed by atoms with van der Waals surface area (Å²) in [6.45, 7) is 0. The first-order valence-electron chi connectivity index (χ1n) is 5.49. The molecule has 0 spiro atoms. The monoisotopic (exact) mass is 335 g/mol. The number of rotatable bonds is 2. The van der Waals surface area contributed by atoms with Crippen molar-refractivity contribution in [3.05, 3.63) is 27.7 Å². The predicted molar refractivity (Wildman–Crippen MR) is 64.5 cm³/mol. The molecule has 1 fully saturated rings. The Morgan fingerprint density at radius 3 is 2.42 bits per heavy atom. The molecule has 0 saturated heterocycles. The SMILES string of the molecule is O=C=NC1(c2cc(Br)c(O)c(C(F)(F)F)c2)CCC1. The highest BCUT2D eigenvalue weighted by Gasteiger charge is 2.42. The highest BCUT2D eigenvalue weighted by Crippen LogP contribution is 2.49. The number of isocyanates is 1. The number of carbonyl (C=O) groups excluding carboxylic acids is 1. The molecule has 1 aliphatic rings. The van der Waals surface area contributed by atoms with E-state index in [-0.39, 0.29) is 10.0 Å². The van der Waals surface area contributed by atoms with E-state index in [1.807, 2.05) is 0 Å². The minimum absolute atomic E-state index is 0.0651. The van der Waals surface area contributed by atoms with Crippen molar-refractivity contribution in [1.82, 2.24) is 0 Å². The molecule has 1 N–H and O–H groups in total. The summed E-state index contributed by atoms with van der Waals surface area (Å²) in [6, 6.07) is 2.21. The summed E-state index contributed by atoms with van der Waals surface area (Å²) in [5.74, 6) is -0.860. The molecule has 0 bridgehead atoms. The van der Waals surface area contributed by atoms with Gasteiger partial charge in [0.05, 0.1) is 15.6 Å². The molecular weight excluding hydrogens is 327 g/mol. The van der Waals surface area contributed by atoms with E-state index in [4.69, 9.17) is 0 Å². The fourth-order valence-corrected chi connectivity index (χ4v) is 2.61. The lowest BCUT2D eigenvalue weighted by Crippen LogP contribution is -2.32. The summed E-state index contributed by atoms with van der Waals surface area (Å²) < 4.78 is 38.4. The molecule has 1 saturated carbocycles. The Kier molecular flexibility index (Phi) is 3.45. The number of phenols is 1. The fraction of sp³-hybridized carbons (Fsp3) is 0.417. The van der Waals surface area contributed by atoms with Gasteiger partial charge in [-0.2, -0.15) is 18.2 Å². The molecular formula is C12H9BrF3NO2. The summed E-state index contributed by atoms with van der Waals surface area (Å²) in [5.41, 5.74) is -1.80. The lowest BCUT2D eigenvalue weighted by atomic mass is 9.72. The third-order valence-electron chi connectivity index (χ3n) is 3.35. The van der Waals surface area contributed by atoms with Crippen molar-refractivity contribution in [2.24, 2.45) is 4.99 Å². The lowest BCUT2D eigenvalue weighted by molar-refractivity contribution is -0.138. The van der Waals surface area contributed by atoms with Gasteiger partial charge >= 0.3 is 6.18 Å². The maximum atomic E-state index is 12.8. The summed E-state index contributed by atoms with van der Waals surface area (Å²) >= 11 is 2.90. The third kappa shape index (κ3) is 2.40. The van der Waals surface area contributed by atoms with Crippen LogP contribution in [0.4, 0.5) is 13.2 Å². The van der Waals surface area contributed by atoms with Gasteiger partial charge in [0.15, 0.2) is 0 Å². The fourth-order valence-electron chi connectivity index (χ4n) is 2.15. The van der Waals surface area contributed by atoms with Gasteiger partial charge in [-0.3, -0.25) is 0 Å². The highest BCUT2D eigenvalue weighted by atomic mass is 79.9. The second-order valence-electron chi connectivity index (χ2n) is 4.44. The third-order valence-corrected chi connectivity index (χ3v) is 3.95. The second kappa shape index (κ2) is 4.65. The zero-order valence-corrected chi connectivity index (χ0v) is 11.2. The Bertz CT molecular complexity index is 561. The van der Waals surface area contributed by atoms with Crippen LogP contribution in [0.2, 0.25) is 0 Å².